The van der Waals surface area contributed by atoms with Gasteiger partial charge >= 0.3 is 5.97 Å². The van der Waals surface area contributed by atoms with Crippen LogP contribution < -0.4 is 5.32 Å². The van der Waals surface area contributed by atoms with E-state index in [0.29, 0.717) is 17.9 Å². The van der Waals surface area contributed by atoms with E-state index in [9.17, 15) is 4.79 Å². The van der Waals surface area contributed by atoms with Crippen molar-refractivity contribution in [3.63, 3.8) is 0 Å². The molecule has 0 radical (unpaired) electrons. The number of esters is 1. The Morgan fingerprint density at radius 2 is 2.29 bits per heavy atom. The van der Waals surface area contributed by atoms with E-state index in [4.69, 9.17) is 4.74 Å². The van der Waals surface area contributed by atoms with Gasteiger partial charge in [-0.2, -0.15) is 11.8 Å². The van der Waals surface area contributed by atoms with Crippen LogP contribution in [-0.2, 0) is 9.53 Å². The second-order valence-corrected chi connectivity index (χ2v) is 6.04. The van der Waals surface area contributed by atoms with E-state index >= 15 is 0 Å². The van der Waals surface area contributed by atoms with Gasteiger partial charge in [-0.1, -0.05) is 13.3 Å². The quantitative estimate of drug-likeness (QED) is 0.744. The zero-order valence-electron chi connectivity index (χ0n) is 11.2. The summed E-state index contributed by atoms with van der Waals surface area (Å²) in [7, 11) is 0. The lowest BCUT2D eigenvalue weighted by Crippen LogP contribution is -2.39. The Hall–Kier alpha value is -0.220. The smallest absolute Gasteiger partial charge is 0.308 e. The minimum atomic E-state index is -0.00286. The molecule has 17 heavy (non-hydrogen) atoms. The molecule has 0 amide bonds. The Kier molecular flexibility index (Phi) is 6.97. The van der Waals surface area contributed by atoms with E-state index in [1.54, 1.807) is 0 Å². The van der Waals surface area contributed by atoms with Crippen molar-refractivity contribution in [3.8, 4) is 0 Å². The van der Waals surface area contributed by atoms with E-state index in [0.717, 1.165) is 25.8 Å². The molecule has 1 aliphatic rings. The molecule has 3 nitrogen and oxygen atoms in total. The average molecular weight is 259 g/mol. The first-order chi connectivity index (χ1) is 8.17. The number of nitrogens with one attached hydrogen (secondary N) is 1. The fraction of sp³-hybridized carbons (Fsp3) is 0.923. The third-order valence-electron chi connectivity index (χ3n) is 3.39. The molecule has 0 aromatic carbocycles. The molecule has 1 fully saturated rings. The van der Waals surface area contributed by atoms with Crippen LogP contribution in [0.25, 0.3) is 0 Å². The predicted octanol–water partition coefficient (Wildman–Crippen LogP) is 2.45. The number of carbonyl (C=O) groups excluding carboxylic acids is 1. The molecule has 1 rings (SSSR count). The van der Waals surface area contributed by atoms with Gasteiger partial charge in [-0.05, 0) is 32.4 Å². The highest BCUT2D eigenvalue weighted by atomic mass is 32.2. The number of carbonyl (C=O) groups is 1. The van der Waals surface area contributed by atoms with Crippen molar-refractivity contribution in [2.75, 3.05) is 19.4 Å². The monoisotopic (exact) mass is 259 g/mol. The highest BCUT2D eigenvalue weighted by Crippen LogP contribution is 2.25. The van der Waals surface area contributed by atoms with Crippen LogP contribution in [0.3, 0.4) is 0 Å². The third-order valence-corrected chi connectivity index (χ3v) is 4.36. The lowest BCUT2D eigenvalue weighted by atomic mass is 9.85. The van der Waals surface area contributed by atoms with E-state index < -0.39 is 0 Å². The average Bonchev–Trinajstić information content (AvgIpc) is 2.36. The largest absolute Gasteiger partial charge is 0.466 e. The minimum absolute atomic E-state index is 0.00286. The first kappa shape index (κ1) is 14.8. The Morgan fingerprint density at radius 3 is 2.94 bits per heavy atom. The van der Waals surface area contributed by atoms with Crippen LogP contribution in [0.1, 0.15) is 39.5 Å². The first-order valence-electron chi connectivity index (χ1n) is 6.60. The number of hydrogen-bond donors (Lipinski definition) is 1. The number of rotatable bonds is 6. The van der Waals surface area contributed by atoms with Crippen LogP contribution in [0.4, 0.5) is 0 Å². The Morgan fingerprint density at radius 1 is 1.53 bits per heavy atom. The fourth-order valence-corrected chi connectivity index (χ4v) is 2.53. The fourth-order valence-electron chi connectivity index (χ4n) is 2.27. The van der Waals surface area contributed by atoms with Gasteiger partial charge in [-0.25, -0.2) is 0 Å². The molecule has 0 aromatic heterocycles. The molecule has 1 saturated carbocycles. The van der Waals surface area contributed by atoms with Crippen LogP contribution in [-0.4, -0.2) is 36.7 Å². The zero-order chi connectivity index (χ0) is 12.7. The summed E-state index contributed by atoms with van der Waals surface area (Å²) < 4.78 is 5.11. The Balaban J connectivity index is 2.30. The normalized spacial score (nSPS) is 26.5. The Labute approximate surface area is 109 Å². The lowest BCUT2D eigenvalue weighted by Gasteiger charge is -2.29. The van der Waals surface area contributed by atoms with Crippen LogP contribution in [0, 0.1) is 5.92 Å². The molecule has 0 heterocycles. The van der Waals surface area contributed by atoms with Crippen molar-refractivity contribution in [1.82, 2.24) is 5.32 Å². The van der Waals surface area contributed by atoms with Gasteiger partial charge in [0.15, 0.2) is 0 Å². The van der Waals surface area contributed by atoms with Gasteiger partial charge in [-0.3, -0.25) is 4.79 Å². The predicted molar refractivity (Wildman–Crippen MR) is 73.4 cm³/mol. The number of hydrogen-bond acceptors (Lipinski definition) is 4. The number of ether oxygens (including phenoxy) is 1. The first-order valence-corrected chi connectivity index (χ1v) is 7.89. The maximum Gasteiger partial charge on any atom is 0.308 e. The highest BCUT2D eigenvalue weighted by molar-refractivity contribution is 7.99. The summed E-state index contributed by atoms with van der Waals surface area (Å²) in [5.74, 6) is 0.114. The van der Waals surface area contributed by atoms with Crippen molar-refractivity contribution in [3.05, 3.63) is 0 Å². The summed E-state index contributed by atoms with van der Waals surface area (Å²) in [4.78, 5) is 11.7. The second-order valence-electron chi connectivity index (χ2n) is 4.77. The lowest BCUT2D eigenvalue weighted by molar-refractivity contribution is -0.149. The summed E-state index contributed by atoms with van der Waals surface area (Å²) in [6.45, 7) is 5.62. The Bertz CT molecular complexity index is 235. The van der Waals surface area contributed by atoms with Gasteiger partial charge in [-0.15, -0.1) is 0 Å². The van der Waals surface area contributed by atoms with E-state index in [1.165, 1.54) is 6.42 Å². The van der Waals surface area contributed by atoms with Crippen molar-refractivity contribution >= 4 is 17.7 Å². The zero-order valence-corrected chi connectivity index (χ0v) is 12.0. The van der Waals surface area contributed by atoms with Crippen molar-refractivity contribution in [2.24, 2.45) is 5.92 Å². The van der Waals surface area contributed by atoms with Gasteiger partial charge < -0.3 is 10.1 Å². The van der Waals surface area contributed by atoms with Crippen LogP contribution >= 0.6 is 11.8 Å². The molecule has 3 atom stereocenters. The van der Waals surface area contributed by atoms with Gasteiger partial charge in [0.25, 0.3) is 0 Å². The van der Waals surface area contributed by atoms with E-state index in [-0.39, 0.29) is 11.9 Å². The summed E-state index contributed by atoms with van der Waals surface area (Å²) in [6, 6.07) is 0.493. The van der Waals surface area contributed by atoms with Crippen molar-refractivity contribution in [1.29, 1.82) is 0 Å². The molecule has 100 valence electrons. The molecule has 0 aromatic rings. The topological polar surface area (TPSA) is 38.3 Å². The van der Waals surface area contributed by atoms with Gasteiger partial charge in [0.1, 0.15) is 0 Å². The SMILES string of the molecule is CCOC(=O)C1CCCC(NCC(C)SC)C1. The summed E-state index contributed by atoms with van der Waals surface area (Å²) in [6.07, 6.45) is 6.40. The molecular weight excluding hydrogens is 234 g/mol. The molecule has 0 spiro atoms. The van der Waals surface area contributed by atoms with E-state index in [2.05, 4.69) is 18.5 Å². The van der Waals surface area contributed by atoms with Crippen LogP contribution in [0.2, 0.25) is 0 Å². The molecule has 3 unspecified atom stereocenters. The second kappa shape index (κ2) is 7.98. The van der Waals surface area contributed by atoms with Gasteiger partial charge in [0.05, 0.1) is 12.5 Å². The number of thioether (sulfide) groups is 1. The molecule has 4 heteroatoms. The third kappa shape index (κ3) is 5.30. The summed E-state index contributed by atoms with van der Waals surface area (Å²) >= 11 is 1.87. The van der Waals surface area contributed by atoms with Crippen molar-refractivity contribution < 1.29 is 9.53 Å². The summed E-state index contributed by atoms with van der Waals surface area (Å²) in [5, 5.41) is 4.21. The molecule has 0 aliphatic heterocycles. The minimum Gasteiger partial charge on any atom is -0.466 e. The maximum atomic E-state index is 11.7. The highest BCUT2D eigenvalue weighted by Gasteiger charge is 2.27. The summed E-state index contributed by atoms with van der Waals surface area (Å²) in [5.41, 5.74) is 0. The molecular formula is C13H25NO2S. The standard InChI is InChI=1S/C13H25NO2S/c1-4-16-13(15)11-6-5-7-12(8-11)14-9-10(2)17-3/h10-12,14H,4-9H2,1-3H3. The maximum absolute atomic E-state index is 11.7. The van der Waals surface area contributed by atoms with Crippen LogP contribution in [0.15, 0.2) is 0 Å². The van der Waals surface area contributed by atoms with Crippen molar-refractivity contribution in [2.45, 2.75) is 50.8 Å². The van der Waals surface area contributed by atoms with Gasteiger partial charge in [0.2, 0.25) is 0 Å². The van der Waals surface area contributed by atoms with Gasteiger partial charge in [0, 0.05) is 17.8 Å². The molecule has 0 bridgehead atoms. The molecule has 0 saturated heterocycles. The van der Waals surface area contributed by atoms with Crippen LogP contribution in [0.5, 0.6) is 0 Å². The molecule has 1 aliphatic carbocycles. The van der Waals surface area contributed by atoms with E-state index in [1.807, 2.05) is 18.7 Å². The molecule has 1 N–H and O–H groups in total.